The van der Waals surface area contributed by atoms with Crippen LogP contribution in [-0.4, -0.2) is 12.1 Å². The summed E-state index contributed by atoms with van der Waals surface area (Å²) in [5, 5.41) is 4.79. The Hall–Kier alpha value is -1.92. The number of hydrogen-bond acceptors (Lipinski definition) is 3. The van der Waals surface area contributed by atoms with Gasteiger partial charge in [-0.1, -0.05) is 44.0 Å². The first kappa shape index (κ1) is 15.0. The third-order valence-corrected chi connectivity index (χ3v) is 3.92. The lowest BCUT2D eigenvalue weighted by molar-refractivity contribution is 0.0929. The molecule has 0 radical (unpaired) electrons. The predicted molar refractivity (Wildman–Crippen MR) is 93.1 cm³/mol. The number of hydrazone groups is 1. The fourth-order valence-electron chi connectivity index (χ4n) is 1.93. The molecule has 3 rings (SSSR count). The van der Waals surface area contributed by atoms with E-state index in [0.29, 0.717) is 5.58 Å². The van der Waals surface area contributed by atoms with Crippen molar-refractivity contribution in [2.24, 2.45) is 5.10 Å². The first-order valence-electron chi connectivity index (χ1n) is 6.40. The van der Waals surface area contributed by atoms with E-state index in [-0.39, 0.29) is 5.76 Å². The molecule has 2 aromatic carbocycles. The number of halogens is 2. The van der Waals surface area contributed by atoms with Gasteiger partial charge in [0, 0.05) is 14.3 Å². The fraction of sp³-hybridized carbons (Fsp3) is 0. The molecule has 0 aliphatic rings. The predicted octanol–water partition coefficient (Wildman–Crippen LogP) is 4.72. The van der Waals surface area contributed by atoms with Crippen molar-refractivity contribution in [1.82, 2.24) is 5.43 Å². The van der Waals surface area contributed by atoms with Gasteiger partial charge in [0.05, 0.1) is 6.21 Å². The maximum absolute atomic E-state index is 12.0. The van der Waals surface area contributed by atoms with Gasteiger partial charge in [-0.05, 0) is 42.0 Å². The van der Waals surface area contributed by atoms with Gasteiger partial charge >= 0.3 is 5.91 Å². The van der Waals surface area contributed by atoms with Crippen molar-refractivity contribution >= 4 is 55.0 Å². The molecule has 1 heterocycles. The molecule has 0 fully saturated rings. The monoisotopic (exact) mass is 420 g/mol. The van der Waals surface area contributed by atoms with Crippen LogP contribution >= 0.6 is 31.9 Å². The van der Waals surface area contributed by atoms with Gasteiger partial charge in [-0.3, -0.25) is 4.79 Å². The highest BCUT2D eigenvalue weighted by molar-refractivity contribution is 9.10. The van der Waals surface area contributed by atoms with Crippen LogP contribution < -0.4 is 5.43 Å². The highest BCUT2D eigenvalue weighted by atomic mass is 79.9. The van der Waals surface area contributed by atoms with E-state index >= 15 is 0 Å². The molecule has 0 saturated heterocycles. The van der Waals surface area contributed by atoms with E-state index in [1.165, 1.54) is 0 Å². The summed E-state index contributed by atoms with van der Waals surface area (Å²) >= 11 is 6.76. The Morgan fingerprint density at radius 2 is 1.91 bits per heavy atom. The topological polar surface area (TPSA) is 54.6 Å². The molecule has 1 aromatic heterocycles. The van der Waals surface area contributed by atoms with Gasteiger partial charge in [-0.2, -0.15) is 5.10 Å². The smallest absolute Gasteiger partial charge is 0.307 e. The number of nitrogens with zero attached hydrogens (tertiary/aromatic N) is 1. The first-order chi connectivity index (χ1) is 10.6. The average molecular weight is 422 g/mol. The zero-order valence-corrected chi connectivity index (χ0v) is 14.4. The molecule has 1 amide bonds. The zero-order chi connectivity index (χ0) is 15.5. The first-order valence-corrected chi connectivity index (χ1v) is 7.98. The van der Waals surface area contributed by atoms with Crippen molar-refractivity contribution in [2.45, 2.75) is 0 Å². The van der Waals surface area contributed by atoms with Crippen LogP contribution in [0.15, 0.2) is 67.0 Å². The van der Waals surface area contributed by atoms with Crippen LogP contribution in [0.3, 0.4) is 0 Å². The molecule has 110 valence electrons. The van der Waals surface area contributed by atoms with Crippen LogP contribution in [0.5, 0.6) is 0 Å². The number of amides is 1. The van der Waals surface area contributed by atoms with Crippen LogP contribution in [0.4, 0.5) is 0 Å². The molecule has 0 spiro atoms. The van der Waals surface area contributed by atoms with Crippen molar-refractivity contribution in [3.8, 4) is 0 Å². The summed E-state index contributed by atoms with van der Waals surface area (Å²) in [6.45, 7) is 0. The molecule has 0 saturated carbocycles. The Kier molecular flexibility index (Phi) is 4.40. The van der Waals surface area contributed by atoms with Crippen LogP contribution in [0, 0.1) is 0 Å². The molecular weight excluding hydrogens is 412 g/mol. The van der Waals surface area contributed by atoms with Gasteiger partial charge < -0.3 is 4.42 Å². The number of carbonyl (C=O) groups excluding carboxylic acids is 1. The lowest BCUT2D eigenvalue weighted by Crippen LogP contribution is -2.16. The third-order valence-electron chi connectivity index (χ3n) is 2.93. The summed E-state index contributed by atoms with van der Waals surface area (Å²) in [4.78, 5) is 12.0. The molecule has 22 heavy (non-hydrogen) atoms. The van der Waals surface area contributed by atoms with Crippen LogP contribution in [0.1, 0.15) is 16.1 Å². The quantitative estimate of drug-likeness (QED) is 0.491. The van der Waals surface area contributed by atoms with Crippen LogP contribution in [0.25, 0.3) is 11.0 Å². The van der Waals surface area contributed by atoms with Gasteiger partial charge in [-0.15, -0.1) is 0 Å². The normalized spacial score (nSPS) is 11.2. The second-order valence-corrected chi connectivity index (χ2v) is 6.38. The molecule has 4 nitrogen and oxygen atoms in total. The minimum absolute atomic E-state index is 0.222. The Morgan fingerprint density at radius 1 is 1.09 bits per heavy atom. The van der Waals surface area contributed by atoms with Crippen molar-refractivity contribution in [2.75, 3.05) is 0 Å². The number of rotatable bonds is 3. The standard InChI is InChI=1S/C16H10Br2N2O2/c17-12-3-1-2-10(6-12)9-19-20-16(21)15-8-11-7-13(18)4-5-14(11)22-15/h1-9H,(H,20,21)/b19-9+. The molecule has 3 aromatic rings. The van der Waals surface area contributed by atoms with Crippen LogP contribution in [0.2, 0.25) is 0 Å². The zero-order valence-electron chi connectivity index (χ0n) is 11.2. The summed E-state index contributed by atoms with van der Waals surface area (Å²) in [7, 11) is 0. The fourth-order valence-corrected chi connectivity index (χ4v) is 2.73. The minimum atomic E-state index is -0.390. The van der Waals surface area contributed by atoms with Crippen molar-refractivity contribution in [3.05, 3.63) is 68.8 Å². The number of carbonyl (C=O) groups is 1. The minimum Gasteiger partial charge on any atom is -0.451 e. The van der Waals surface area contributed by atoms with E-state index in [0.717, 1.165) is 19.9 Å². The second kappa shape index (κ2) is 6.46. The SMILES string of the molecule is O=C(N/N=C/c1cccc(Br)c1)c1cc2cc(Br)ccc2o1. The highest BCUT2D eigenvalue weighted by Gasteiger charge is 2.11. The summed E-state index contributed by atoms with van der Waals surface area (Å²) < 4.78 is 7.37. The molecule has 0 unspecified atom stereocenters. The maximum Gasteiger partial charge on any atom is 0.307 e. The van der Waals surface area contributed by atoms with Crippen molar-refractivity contribution in [3.63, 3.8) is 0 Å². The van der Waals surface area contributed by atoms with Crippen molar-refractivity contribution < 1.29 is 9.21 Å². The van der Waals surface area contributed by atoms with Gasteiger partial charge in [0.15, 0.2) is 5.76 Å². The summed E-state index contributed by atoms with van der Waals surface area (Å²) in [5.41, 5.74) is 3.99. The third kappa shape index (κ3) is 3.45. The molecule has 6 heteroatoms. The molecule has 0 aliphatic carbocycles. The molecule has 0 bridgehead atoms. The van der Waals surface area contributed by atoms with Gasteiger partial charge in [0.2, 0.25) is 0 Å². The summed E-state index contributed by atoms with van der Waals surface area (Å²) in [5.74, 6) is -0.168. The van der Waals surface area contributed by atoms with Gasteiger partial charge in [-0.25, -0.2) is 5.43 Å². The van der Waals surface area contributed by atoms with E-state index in [2.05, 4.69) is 42.4 Å². The Balaban J connectivity index is 1.73. The second-order valence-electron chi connectivity index (χ2n) is 4.55. The number of fused-ring (bicyclic) bond motifs is 1. The van der Waals surface area contributed by atoms with Crippen molar-refractivity contribution in [1.29, 1.82) is 0 Å². The van der Waals surface area contributed by atoms with Gasteiger partial charge in [0.25, 0.3) is 0 Å². The number of benzene rings is 2. The molecule has 0 atom stereocenters. The van der Waals surface area contributed by atoms with Crippen LogP contribution in [-0.2, 0) is 0 Å². The van der Waals surface area contributed by atoms with E-state index in [1.807, 2.05) is 36.4 Å². The Labute approximate surface area is 143 Å². The van der Waals surface area contributed by atoms with E-state index in [9.17, 15) is 4.79 Å². The number of hydrogen-bond donors (Lipinski definition) is 1. The molecule has 0 aliphatic heterocycles. The lowest BCUT2D eigenvalue weighted by Gasteiger charge is -1.96. The van der Waals surface area contributed by atoms with Gasteiger partial charge in [0.1, 0.15) is 5.58 Å². The molecular formula is C16H10Br2N2O2. The van der Waals surface area contributed by atoms with E-state index in [1.54, 1.807) is 18.3 Å². The summed E-state index contributed by atoms with van der Waals surface area (Å²) in [6, 6.07) is 14.8. The lowest BCUT2D eigenvalue weighted by atomic mass is 10.2. The highest BCUT2D eigenvalue weighted by Crippen LogP contribution is 2.23. The Morgan fingerprint density at radius 3 is 2.73 bits per heavy atom. The number of furan rings is 1. The van der Waals surface area contributed by atoms with E-state index in [4.69, 9.17) is 4.42 Å². The average Bonchev–Trinajstić information content (AvgIpc) is 2.90. The van der Waals surface area contributed by atoms with E-state index < -0.39 is 5.91 Å². The Bertz CT molecular complexity index is 871. The summed E-state index contributed by atoms with van der Waals surface area (Å²) in [6.07, 6.45) is 1.57. The largest absolute Gasteiger partial charge is 0.451 e. The molecule has 1 N–H and O–H groups in total. The maximum atomic E-state index is 12.0. The number of nitrogens with one attached hydrogen (secondary N) is 1.